The Hall–Kier alpha value is -2.02. The Kier molecular flexibility index (Phi) is 4.67. The van der Waals surface area contributed by atoms with Gasteiger partial charge < -0.3 is 4.57 Å². The quantitative estimate of drug-likeness (QED) is 0.274. The lowest BCUT2D eigenvalue weighted by atomic mass is 10.0. The van der Waals surface area contributed by atoms with Crippen LogP contribution < -0.4 is 0 Å². The zero-order valence-electron chi connectivity index (χ0n) is 15.1. The summed E-state index contributed by atoms with van der Waals surface area (Å²) < 4.78 is 2.05. The minimum absolute atomic E-state index is 0.0457. The standard InChI is InChI=1S/C17H25N3O3Si/c1-12-15(16(21)19(12)24(5,6)17(2,3)4)18-11-13-7-9-14(10-8-13)20(22)23/h7-12,15H,1-6H3/t12-,15-/m1/s1. The van der Waals surface area contributed by atoms with Gasteiger partial charge in [0.1, 0.15) is 6.04 Å². The third-order valence-corrected chi connectivity index (χ3v) is 10.8. The van der Waals surface area contributed by atoms with E-state index in [-0.39, 0.29) is 28.7 Å². The summed E-state index contributed by atoms with van der Waals surface area (Å²) in [6.45, 7) is 13.0. The molecule has 6 nitrogen and oxygen atoms in total. The van der Waals surface area contributed by atoms with Crippen LogP contribution in [0.1, 0.15) is 33.3 Å². The van der Waals surface area contributed by atoms with Gasteiger partial charge in [-0.3, -0.25) is 19.9 Å². The largest absolute Gasteiger partial charge is 0.362 e. The summed E-state index contributed by atoms with van der Waals surface area (Å²) >= 11 is 0. The Morgan fingerprint density at radius 3 is 2.21 bits per heavy atom. The smallest absolute Gasteiger partial charge is 0.269 e. The lowest BCUT2D eigenvalue weighted by molar-refractivity contribution is -0.384. The van der Waals surface area contributed by atoms with Crippen molar-refractivity contribution in [3.63, 3.8) is 0 Å². The molecule has 1 aromatic rings. The Morgan fingerprint density at radius 2 is 1.79 bits per heavy atom. The number of rotatable bonds is 4. The maximum absolute atomic E-state index is 12.6. The SMILES string of the molecule is C[C@@H]1[C@@H](N=Cc2ccc([N+](=O)[O-])cc2)C(=O)N1[Si](C)(C)C(C)(C)C. The molecule has 7 heteroatoms. The number of nitro groups is 1. The summed E-state index contributed by atoms with van der Waals surface area (Å²) in [6, 6.07) is 5.90. The molecule has 1 heterocycles. The van der Waals surface area contributed by atoms with E-state index in [0.717, 1.165) is 5.56 Å². The second-order valence-corrected chi connectivity index (χ2v) is 12.9. The van der Waals surface area contributed by atoms with Crippen molar-refractivity contribution in [2.45, 2.75) is 57.9 Å². The fourth-order valence-electron chi connectivity index (χ4n) is 2.79. The van der Waals surface area contributed by atoms with Crippen LogP contribution in [0.25, 0.3) is 0 Å². The number of carbonyl (C=O) groups is 1. The van der Waals surface area contributed by atoms with Crippen LogP contribution in [0.3, 0.4) is 0 Å². The van der Waals surface area contributed by atoms with Gasteiger partial charge in [0.15, 0.2) is 8.24 Å². The van der Waals surface area contributed by atoms with E-state index in [1.807, 2.05) is 11.5 Å². The molecule has 1 aromatic carbocycles. The Balaban J connectivity index is 2.10. The van der Waals surface area contributed by atoms with Gasteiger partial charge in [-0.2, -0.15) is 0 Å². The van der Waals surface area contributed by atoms with E-state index in [4.69, 9.17) is 0 Å². The number of carbonyl (C=O) groups excluding carboxylic acids is 1. The summed E-state index contributed by atoms with van der Waals surface area (Å²) in [6.07, 6.45) is 1.63. The number of nitrogens with zero attached hydrogens (tertiary/aromatic N) is 3. The number of aliphatic imine (C=N–C) groups is 1. The third-order valence-electron chi connectivity index (χ3n) is 5.28. The van der Waals surface area contributed by atoms with Gasteiger partial charge in [-0.1, -0.05) is 33.9 Å². The van der Waals surface area contributed by atoms with Gasteiger partial charge in [0, 0.05) is 18.3 Å². The van der Waals surface area contributed by atoms with Gasteiger partial charge in [-0.05, 0) is 29.7 Å². The molecule has 1 fully saturated rings. The van der Waals surface area contributed by atoms with Crippen LogP contribution in [0.4, 0.5) is 5.69 Å². The minimum Gasteiger partial charge on any atom is -0.362 e. The zero-order chi connectivity index (χ0) is 18.3. The topological polar surface area (TPSA) is 75.8 Å². The number of hydrogen-bond donors (Lipinski definition) is 0. The van der Waals surface area contributed by atoms with Gasteiger partial charge in [0.05, 0.1) is 11.0 Å². The van der Waals surface area contributed by atoms with E-state index in [2.05, 4.69) is 38.9 Å². The molecule has 0 radical (unpaired) electrons. The average molecular weight is 347 g/mol. The second-order valence-electron chi connectivity index (χ2n) is 7.83. The van der Waals surface area contributed by atoms with Crippen molar-refractivity contribution in [2.75, 3.05) is 0 Å². The van der Waals surface area contributed by atoms with Crippen LogP contribution in [-0.2, 0) is 4.79 Å². The zero-order valence-corrected chi connectivity index (χ0v) is 16.1. The highest BCUT2D eigenvalue weighted by molar-refractivity contribution is 6.80. The molecule has 1 saturated heterocycles. The molecule has 2 rings (SSSR count). The van der Waals surface area contributed by atoms with Crippen molar-refractivity contribution in [1.29, 1.82) is 0 Å². The van der Waals surface area contributed by atoms with Gasteiger partial charge in [0.25, 0.3) is 5.69 Å². The molecule has 0 bridgehead atoms. The lowest BCUT2D eigenvalue weighted by Crippen LogP contribution is -2.73. The van der Waals surface area contributed by atoms with E-state index < -0.39 is 13.2 Å². The maximum atomic E-state index is 12.6. The van der Waals surface area contributed by atoms with E-state index in [1.54, 1.807) is 18.3 Å². The van der Waals surface area contributed by atoms with Crippen LogP contribution in [0, 0.1) is 10.1 Å². The fourth-order valence-corrected chi connectivity index (χ4v) is 5.36. The molecular weight excluding hydrogens is 322 g/mol. The van der Waals surface area contributed by atoms with Gasteiger partial charge >= 0.3 is 0 Å². The highest BCUT2D eigenvalue weighted by Gasteiger charge is 2.55. The third kappa shape index (κ3) is 3.13. The molecule has 130 valence electrons. The first-order chi connectivity index (χ1) is 11.0. The molecule has 0 saturated carbocycles. The molecule has 1 amide bonds. The summed E-state index contributed by atoms with van der Waals surface area (Å²) in [5, 5.41) is 10.8. The molecule has 1 aliphatic heterocycles. The molecule has 0 N–H and O–H groups in total. The maximum Gasteiger partial charge on any atom is 0.269 e. The van der Waals surface area contributed by atoms with Gasteiger partial charge in [-0.25, -0.2) is 0 Å². The summed E-state index contributed by atoms with van der Waals surface area (Å²) in [5.41, 5.74) is 0.802. The lowest BCUT2D eigenvalue weighted by Gasteiger charge is -2.56. The molecule has 0 aromatic heterocycles. The van der Waals surface area contributed by atoms with E-state index >= 15 is 0 Å². The Morgan fingerprint density at radius 1 is 1.25 bits per heavy atom. The predicted molar refractivity (Wildman–Crippen MR) is 98.0 cm³/mol. The average Bonchev–Trinajstić information content (AvgIpc) is 2.46. The van der Waals surface area contributed by atoms with Crippen LogP contribution >= 0.6 is 0 Å². The highest BCUT2D eigenvalue weighted by Crippen LogP contribution is 2.43. The van der Waals surface area contributed by atoms with E-state index in [0.29, 0.717) is 0 Å². The summed E-state index contributed by atoms with van der Waals surface area (Å²) in [5.74, 6) is 0.0900. The number of hydrogen-bond acceptors (Lipinski definition) is 4. The molecule has 0 unspecified atom stereocenters. The van der Waals surface area contributed by atoms with Crippen LogP contribution in [-0.4, -0.2) is 41.9 Å². The fraction of sp³-hybridized carbons (Fsp3) is 0.529. The molecule has 2 atom stereocenters. The van der Waals surface area contributed by atoms with Crippen molar-refractivity contribution < 1.29 is 9.72 Å². The molecule has 1 aliphatic rings. The second kappa shape index (κ2) is 6.12. The number of benzene rings is 1. The van der Waals surface area contributed by atoms with Gasteiger partial charge in [-0.15, -0.1) is 0 Å². The van der Waals surface area contributed by atoms with Gasteiger partial charge in [0.2, 0.25) is 5.91 Å². The molecule has 0 aliphatic carbocycles. The van der Waals surface area contributed by atoms with Crippen molar-refractivity contribution in [3.05, 3.63) is 39.9 Å². The summed E-state index contributed by atoms with van der Waals surface area (Å²) in [4.78, 5) is 27.2. The first kappa shape index (κ1) is 18.3. The number of β-lactam (4-membered cyclic amide) rings is 1. The minimum atomic E-state index is -1.88. The first-order valence-electron chi connectivity index (χ1n) is 8.07. The summed E-state index contributed by atoms with van der Waals surface area (Å²) in [7, 11) is -1.88. The molecule has 0 spiro atoms. The van der Waals surface area contributed by atoms with E-state index in [9.17, 15) is 14.9 Å². The van der Waals surface area contributed by atoms with Crippen LogP contribution in [0.2, 0.25) is 18.1 Å². The first-order valence-corrected chi connectivity index (χ1v) is 11.0. The monoisotopic (exact) mass is 347 g/mol. The predicted octanol–water partition coefficient (Wildman–Crippen LogP) is 3.62. The van der Waals surface area contributed by atoms with E-state index in [1.165, 1.54) is 12.1 Å². The normalized spacial score (nSPS) is 21.9. The van der Waals surface area contributed by atoms with Crippen molar-refractivity contribution in [1.82, 2.24) is 4.57 Å². The molecular formula is C17H25N3O3Si. The number of non-ortho nitro benzene ring substituents is 1. The number of amides is 1. The van der Waals surface area contributed by atoms with Crippen molar-refractivity contribution in [2.24, 2.45) is 4.99 Å². The van der Waals surface area contributed by atoms with Crippen molar-refractivity contribution in [3.8, 4) is 0 Å². The van der Waals surface area contributed by atoms with Crippen LogP contribution in [0.15, 0.2) is 29.3 Å². The number of nitro benzene ring substituents is 1. The Bertz CT molecular complexity index is 677. The van der Waals surface area contributed by atoms with Crippen LogP contribution in [0.5, 0.6) is 0 Å². The molecule has 24 heavy (non-hydrogen) atoms. The van der Waals surface area contributed by atoms with Crippen molar-refractivity contribution >= 4 is 26.0 Å². The highest BCUT2D eigenvalue weighted by atomic mass is 28.3. The Labute approximate surface area is 143 Å².